The number of hydrogen-bond donors (Lipinski definition) is 2. The quantitative estimate of drug-likeness (QED) is 0.170. The first-order valence-corrected chi connectivity index (χ1v) is 13.8. The lowest BCUT2D eigenvalue weighted by molar-refractivity contribution is 0.209. The number of nitrogens with zero attached hydrogens (tertiary/aromatic N) is 1. The van der Waals surface area contributed by atoms with Crippen LogP contribution in [0.15, 0.2) is 103 Å². The summed E-state index contributed by atoms with van der Waals surface area (Å²) in [6.07, 6.45) is 2.73. The van der Waals surface area contributed by atoms with Crippen molar-refractivity contribution in [1.82, 2.24) is 9.88 Å². The Hall–Kier alpha value is -4.91. The zero-order chi connectivity index (χ0) is 28.4. The summed E-state index contributed by atoms with van der Waals surface area (Å²) in [6, 6.07) is 31.2. The van der Waals surface area contributed by atoms with Crippen molar-refractivity contribution in [3.63, 3.8) is 0 Å². The standard InChI is InChI=1S/C34H35N3O4/c1-3-40-29-16-14-28(15-17-29)36-34(38)37(20-19-27-22-35-31-12-8-7-11-30(27)31)23-26-13-18-32(39-2)33(21-26)41-24-25-9-5-4-6-10-25/h4-18,21-22,35H,3,19-20,23-24H2,1-2H3,(H,36,38). The Morgan fingerprint density at radius 1 is 0.854 bits per heavy atom. The molecule has 0 aliphatic heterocycles. The van der Waals surface area contributed by atoms with Crippen molar-refractivity contribution < 1.29 is 19.0 Å². The summed E-state index contributed by atoms with van der Waals surface area (Å²) < 4.78 is 17.2. The van der Waals surface area contributed by atoms with E-state index in [0.717, 1.165) is 22.4 Å². The number of methoxy groups -OCH3 is 1. The Morgan fingerprint density at radius 2 is 1.63 bits per heavy atom. The fourth-order valence-corrected chi connectivity index (χ4v) is 4.74. The molecule has 41 heavy (non-hydrogen) atoms. The lowest BCUT2D eigenvalue weighted by atomic mass is 10.1. The second-order valence-electron chi connectivity index (χ2n) is 9.68. The fraction of sp³-hybridized carbons (Fsp3) is 0.206. The van der Waals surface area contributed by atoms with Crippen LogP contribution in [0, 0.1) is 0 Å². The molecule has 0 aliphatic rings. The van der Waals surface area contributed by atoms with Crippen molar-refractivity contribution >= 4 is 22.6 Å². The highest BCUT2D eigenvalue weighted by atomic mass is 16.5. The van der Waals surface area contributed by atoms with Gasteiger partial charge in [-0.1, -0.05) is 54.6 Å². The molecule has 0 unspecified atom stereocenters. The summed E-state index contributed by atoms with van der Waals surface area (Å²) in [6.45, 7) is 3.88. The van der Waals surface area contributed by atoms with Crippen molar-refractivity contribution in [1.29, 1.82) is 0 Å². The third-order valence-corrected chi connectivity index (χ3v) is 6.87. The Morgan fingerprint density at radius 3 is 2.41 bits per heavy atom. The molecule has 1 aromatic heterocycles. The van der Waals surface area contributed by atoms with Crippen LogP contribution in [0.5, 0.6) is 17.2 Å². The summed E-state index contributed by atoms with van der Waals surface area (Å²) in [5.41, 5.74) is 4.96. The van der Waals surface area contributed by atoms with Gasteiger partial charge in [0.05, 0.1) is 13.7 Å². The third kappa shape index (κ3) is 7.19. The normalized spacial score (nSPS) is 10.8. The van der Waals surface area contributed by atoms with Crippen molar-refractivity contribution in [3.05, 3.63) is 120 Å². The summed E-state index contributed by atoms with van der Waals surface area (Å²) in [4.78, 5) is 18.7. The number of nitrogens with one attached hydrogen (secondary N) is 2. The van der Waals surface area contributed by atoms with Gasteiger partial charge in [0, 0.05) is 35.9 Å². The van der Waals surface area contributed by atoms with Gasteiger partial charge in [0.2, 0.25) is 0 Å². The first kappa shape index (κ1) is 27.6. The molecule has 0 spiro atoms. The van der Waals surface area contributed by atoms with Gasteiger partial charge < -0.3 is 29.4 Å². The molecule has 1 heterocycles. The van der Waals surface area contributed by atoms with Crippen LogP contribution in [-0.4, -0.2) is 36.2 Å². The number of aromatic nitrogens is 1. The third-order valence-electron chi connectivity index (χ3n) is 6.87. The summed E-state index contributed by atoms with van der Waals surface area (Å²) in [5.74, 6) is 2.05. The van der Waals surface area contributed by atoms with Crippen molar-refractivity contribution in [2.45, 2.75) is 26.5 Å². The molecule has 0 fully saturated rings. The summed E-state index contributed by atoms with van der Waals surface area (Å²) in [5, 5.41) is 4.22. The SMILES string of the molecule is CCOc1ccc(NC(=O)N(CCc2c[nH]c3ccccc23)Cc2ccc(OC)c(OCc3ccccc3)c2)cc1. The van der Waals surface area contributed by atoms with Gasteiger partial charge >= 0.3 is 6.03 Å². The molecule has 0 saturated heterocycles. The minimum Gasteiger partial charge on any atom is -0.494 e. The maximum Gasteiger partial charge on any atom is 0.322 e. The zero-order valence-corrected chi connectivity index (χ0v) is 23.4. The van der Waals surface area contributed by atoms with Gasteiger partial charge in [0.25, 0.3) is 0 Å². The van der Waals surface area contributed by atoms with Crippen molar-refractivity contribution in [2.24, 2.45) is 0 Å². The highest BCUT2D eigenvalue weighted by Gasteiger charge is 2.17. The number of rotatable bonds is 12. The maximum atomic E-state index is 13.6. The van der Waals surface area contributed by atoms with Gasteiger partial charge in [-0.15, -0.1) is 0 Å². The predicted molar refractivity (Wildman–Crippen MR) is 163 cm³/mol. The fourth-order valence-electron chi connectivity index (χ4n) is 4.74. The monoisotopic (exact) mass is 549 g/mol. The lowest BCUT2D eigenvalue weighted by Crippen LogP contribution is -2.36. The number of carbonyl (C=O) groups excluding carboxylic acids is 1. The Bertz CT molecular complexity index is 1560. The van der Waals surface area contributed by atoms with Crippen LogP contribution >= 0.6 is 0 Å². The number of aromatic amines is 1. The molecule has 210 valence electrons. The Balaban J connectivity index is 1.35. The zero-order valence-electron chi connectivity index (χ0n) is 23.4. The highest BCUT2D eigenvalue weighted by Crippen LogP contribution is 2.30. The Labute approximate surface area is 240 Å². The summed E-state index contributed by atoms with van der Waals surface area (Å²) >= 11 is 0. The van der Waals surface area contributed by atoms with Crippen LogP contribution in [0.1, 0.15) is 23.6 Å². The molecule has 7 nitrogen and oxygen atoms in total. The summed E-state index contributed by atoms with van der Waals surface area (Å²) in [7, 11) is 1.63. The smallest absolute Gasteiger partial charge is 0.322 e. The van der Waals surface area contributed by atoms with E-state index in [4.69, 9.17) is 14.2 Å². The van der Waals surface area contributed by atoms with Gasteiger partial charge in [-0.2, -0.15) is 0 Å². The molecule has 0 radical (unpaired) electrons. The molecule has 2 N–H and O–H groups in total. The number of amides is 2. The van der Waals surface area contributed by atoms with Crippen LogP contribution < -0.4 is 19.5 Å². The Kier molecular flexibility index (Phi) is 9.06. The minimum absolute atomic E-state index is 0.184. The molecule has 5 rings (SSSR count). The van der Waals surface area contributed by atoms with Crippen LogP contribution in [0.4, 0.5) is 10.5 Å². The van der Waals surface area contributed by atoms with E-state index >= 15 is 0 Å². The van der Waals surface area contributed by atoms with Crippen LogP contribution in [0.25, 0.3) is 10.9 Å². The number of benzene rings is 4. The van der Waals surface area contributed by atoms with Gasteiger partial charge in [0.15, 0.2) is 11.5 Å². The van der Waals surface area contributed by atoms with E-state index in [1.54, 1.807) is 7.11 Å². The molecular formula is C34H35N3O4. The highest BCUT2D eigenvalue weighted by molar-refractivity contribution is 5.89. The number of fused-ring (bicyclic) bond motifs is 1. The second-order valence-corrected chi connectivity index (χ2v) is 9.68. The molecule has 0 saturated carbocycles. The number of H-pyrrole nitrogens is 1. The van der Waals surface area contributed by atoms with Gasteiger partial charge in [0.1, 0.15) is 12.4 Å². The van der Waals surface area contributed by atoms with Crippen LogP contribution in [0.2, 0.25) is 0 Å². The topological polar surface area (TPSA) is 75.8 Å². The molecule has 4 aromatic carbocycles. The molecular weight excluding hydrogens is 514 g/mol. The predicted octanol–water partition coefficient (Wildman–Crippen LogP) is 7.43. The van der Waals surface area contributed by atoms with Gasteiger partial charge in [-0.3, -0.25) is 0 Å². The van der Waals surface area contributed by atoms with Crippen molar-refractivity contribution in [3.8, 4) is 17.2 Å². The number of ether oxygens (including phenoxy) is 3. The molecule has 0 aliphatic carbocycles. The number of anilines is 1. The van der Waals surface area contributed by atoms with Crippen LogP contribution in [-0.2, 0) is 19.6 Å². The number of para-hydroxylation sites is 1. The first-order chi connectivity index (χ1) is 20.1. The first-order valence-electron chi connectivity index (χ1n) is 13.8. The van der Waals surface area contributed by atoms with Gasteiger partial charge in [-0.05, 0) is 72.5 Å². The largest absolute Gasteiger partial charge is 0.494 e. The van der Waals surface area contributed by atoms with E-state index in [1.165, 1.54) is 10.9 Å². The van der Waals surface area contributed by atoms with E-state index < -0.39 is 0 Å². The average molecular weight is 550 g/mol. The maximum absolute atomic E-state index is 13.6. The number of carbonyl (C=O) groups is 1. The average Bonchev–Trinajstić information content (AvgIpc) is 3.43. The van der Waals surface area contributed by atoms with E-state index in [1.807, 2.05) is 103 Å². The molecule has 2 amide bonds. The number of hydrogen-bond acceptors (Lipinski definition) is 4. The molecule has 0 bridgehead atoms. The van der Waals surface area contributed by atoms with E-state index in [-0.39, 0.29) is 6.03 Å². The molecule has 0 atom stereocenters. The van der Waals surface area contributed by atoms with Gasteiger partial charge in [-0.25, -0.2) is 4.79 Å². The van der Waals surface area contributed by atoms with E-state index in [9.17, 15) is 4.79 Å². The van der Waals surface area contributed by atoms with Crippen LogP contribution in [0.3, 0.4) is 0 Å². The van der Waals surface area contributed by atoms with E-state index in [0.29, 0.717) is 49.9 Å². The van der Waals surface area contributed by atoms with Crippen molar-refractivity contribution in [2.75, 3.05) is 25.6 Å². The minimum atomic E-state index is -0.184. The molecule has 5 aromatic rings. The second kappa shape index (κ2) is 13.4. The number of urea groups is 1. The lowest BCUT2D eigenvalue weighted by Gasteiger charge is -2.24. The van der Waals surface area contributed by atoms with E-state index in [2.05, 4.69) is 22.4 Å². The molecule has 7 heteroatoms.